The van der Waals surface area contributed by atoms with Crippen molar-refractivity contribution in [2.45, 2.75) is 18.9 Å². The van der Waals surface area contributed by atoms with Crippen LogP contribution >= 0.6 is 0 Å². The average Bonchev–Trinajstić information content (AvgIpc) is 2.96. The van der Waals surface area contributed by atoms with Crippen molar-refractivity contribution in [3.05, 3.63) is 94.8 Å². The average molecular weight is 564 g/mol. The van der Waals surface area contributed by atoms with E-state index in [0.29, 0.717) is 5.56 Å². The molecule has 0 aromatic heterocycles. The van der Waals surface area contributed by atoms with Crippen LogP contribution in [0.5, 0.6) is 11.5 Å². The summed E-state index contributed by atoms with van der Waals surface area (Å²) in [5.74, 6) is -4.82. The summed E-state index contributed by atoms with van der Waals surface area (Å²) in [6, 6.07) is 15.0. The predicted octanol–water partition coefficient (Wildman–Crippen LogP) is 2.38. The highest BCUT2D eigenvalue weighted by atomic mass is 19.1. The van der Waals surface area contributed by atoms with E-state index >= 15 is 0 Å². The number of ketones is 2. The molecule has 1 heterocycles. The number of piperidine rings is 1. The van der Waals surface area contributed by atoms with Crippen molar-refractivity contribution in [3.63, 3.8) is 0 Å². The van der Waals surface area contributed by atoms with Crippen LogP contribution in [0.25, 0.3) is 0 Å². The number of likely N-dealkylation sites (tertiary alicyclic amines) is 1. The second kappa shape index (κ2) is 13.0. The van der Waals surface area contributed by atoms with Crippen LogP contribution in [0.4, 0.5) is 4.39 Å². The van der Waals surface area contributed by atoms with Crippen molar-refractivity contribution in [1.82, 2.24) is 10.2 Å². The second-order valence-electron chi connectivity index (χ2n) is 10.3. The Kier molecular flexibility index (Phi) is 9.49. The summed E-state index contributed by atoms with van der Waals surface area (Å²) < 4.78 is 14.9. The van der Waals surface area contributed by atoms with Gasteiger partial charge in [0, 0.05) is 55.1 Å². The maximum absolute atomic E-state index is 14.9. The van der Waals surface area contributed by atoms with Crippen molar-refractivity contribution in [1.29, 1.82) is 0 Å². The number of halogens is 1. The van der Waals surface area contributed by atoms with E-state index in [0.717, 1.165) is 0 Å². The largest absolute Gasteiger partial charge is 0.508 e. The smallest absolute Gasteiger partial charge is 0.239 e. The molecule has 0 saturated carbocycles. The number of carbonyl (C=O) groups excluding carboxylic acids is 3. The van der Waals surface area contributed by atoms with Crippen LogP contribution in [0.15, 0.2) is 66.7 Å². The fourth-order valence-corrected chi connectivity index (χ4v) is 5.68. The van der Waals surface area contributed by atoms with E-state index in [4.69, 9.17) is 5.73 Å². The maximum atomic E-state index is 14.9. The molecule has 1 unspecified atom stereocenters. The molecular formula is C31H34FN3O6. The third-order valence-electron chi connectivity index (χ3n) is 7.69. The summed E-state index contributed by atoms with van der Waals surface area (Å²) in [5.41, 5.74) is 6.66. The van der Waals surface area contributed by atoms with E-state index in [2.05, 4.69) is 5.32 Å². The molecule has 0 bridgehead atoms. The van der Waals surface area contributed by atoms with Crippen LogP contribution in [-0.4, -0.2) is 76.5 Å². The highest BCUT2D eigenvalue weighted by Gasteiger charge is 2.47. The molecular weight excluding hydrogens is 529 g/mol. The number of aromatic hydroxyl groups is 2. The lowest BCUT2D eigenvalue weighted by Gasteiger charge is -2.45. The Morgan fingerprint density at radius 2 is 1.49 bits per heavy atom. The van der Waals surface area contributed by atoms with E-state index in [9.17, 15) is 34.1 Å². The van der Waals surface area contributed by atoms with Crippen molar-refractivity contribution < 1.29 is 34.1 Å². The zero-order valence-electron chi connectivity index (χ0n) is 22.7. The van der Waals surface area contributed by atoms with E-state index in [-0.39, 0.29) is 54.4 Å². The fraction of sp³-hybridized carbons (Fsp3) is 0.323. The highest BCUT2D eigenvalue weighted by molar-refractivity contribution is 6.02. The third-order valence-corrected chi connectivity index (χ3v) is 7.69. The summed E-state index contributed by atoms with van der Waals surface area (Å²) in [5, 5.41) is 33.1. The van der Waals surface area contributed by atoms with Crippen LogP contribution in [0.2, 0.25) is 0 Å². The molecule has 3 aromatic carbocycles. The van der Waals surface area contributed by atoms with Gasteiger partial charge >= 0.3 is 0 Å². The number of nitrogens with one attached hydrogen (secondary N) is 1. The molecule has 3 aromatic rings. The normalized spacial score (nSPS) is 18.5. The Morgan fingerprint density at radius 3 is 1.98 bits per heavy atom. The van der Waals surface area contributed by atoms with E-state index in [1.54, 1.807) is 30.0 Å². The molecule has 216 valence electrons. The quantitative estimate of drug-likeness (QED) is 0.236. The van der Waals surface area contributed by atoms with Gasteiger partial charge in [0.2, 0.25) is 5.91 Å². The molecule has 4 rings (SSSR count). The van der Waals surface area contributed by atoms with E-state index < -0.39 is 53.7 Å². The number of nitrogens with zero attached hydrogens (tertiary/aromatic N) is 1. The molecule has 6 N–H and O–H groups in total. The van der Waals surface area contributed by atoms with Crippen LogP contribution in [0.3, 0.4) is 0 Å². The second-order valence-corrected chi connectivity index (χ2v) is 10.3. The van der Waals surface area contributed by atoms with Gasteiger partial charge in [-0.25, -0.2) is 4.39 Å². The topological polar surface area (TPSA) is 153 Å². The molecule has 0 spiro atoms. The monoisotopic (exact) mass is 563 g/mol. The number of benzene rings is 3. The lowest BCUT2D eigenvalue weighted by atomic mass is 9.67. The standard InChI is InChI=1S/C31H34FN3O6/c1-18-23(9-4-10-26(18)32)28-24(29(39)19-5-2-7-21(37)13-19)15-35(27(17-36)31(41)34-12-11-33)16-25(28)30(40)20-6-3-8-22(38)14-20/h2-10,13-14,24-25,27-28,36-38H,11-12,15-17,33H2,1H3,(H,34,41)/t24-,25-,27?/m0/s1. The van der Waals surface area contributed by atoms with Gasteiger partial charge in [0.05, 0.1) is 6.61 Å². The number of phenols is 2. The Bertz CT molecular complexity index is 1360. The first kappa shape index (κ1) is 29.9. The van der Waals surface area contributed by atoms with Gasteiger partial charge in [-0.3, -0.25) is 19.3 Å². The number of rotatable bonds is 10. The van der Waals surface area contributed by atoms with Crippen molar-refractivity contribution in [3.8, 4) is 11.5 Å². The Morgan fingerprint density at radius 1 is 0.951 bits per heavy atom. The van der Waals surface area contributed by atoms with Crippen molar-refractivity contribution in [2.24, 2.45) is 17.6 Å². The highest BCUT2D eigenvalue weighted by Crippen LogP contribution is 2.43. The van der Waals surface area contributed by atoms with E-state index in [1.807, 2.05) is 0 Å². The summed E-state index contributed by atoms with van der Waals surface area (Å²) in [4.78, 5) is 42.9. The number of hydrogen-bond donors (Lipinski definition) is 5. The molecule has 0 radical (unpaired) electrons. The van der Waals surface area contributed by atoms with Crippen molar-refractivity contribution >= 4 is 17.5 Å². The van der Waals surface area contributed by atoms with Gasteiger partial charge in [0.1, 0.15) is 23.4 Å². The van der Waals surface area contributed by atoms with Crippen molar-refractivity contribution in [2.75, 3.05) is 32.8 Å². The number of hydrogen-bond acceptors (Lipinski definition) is 8. The first-order valence-electron chi connectivity index (χ1n) is 13.4. The summed E-state index contributed by atoms with van der Waals surface area (Å²) in [6.07, 6.45) is 0. The minimum atomic E-state index is -1.09. The van der Waals surface area contributed by atoms with Gasteiger partial charge in [0.25, 0.3) is 0 Å². The SMILES string of the molecule is Cc1c(F)cccc1C1[C@@H](C(=O)c2cccc(O)c2)CN(C(CO)C(=O)NCCN)C[C@@H]1C(=O)c1cccc(O)c1. The third kappa shape index (κ3) is 6.45. The maximum Gasteiger partial charge on any atom is 0.239 e. The van der Waals surface area contributed by atoms with Gasteiger partial charge in [-0.1, -0.05) is 36.4 Å². The number of aliphatic hydroxyl groups is 1. The Labute approximate surface area is 237 Å². The zero-order chi connectivity index (χ0) is 29.7. The minimum absolute atomic E-state index is 0.0276. The molecule has 0 aliphatic carbocycles. The first-order chi connectivity index (χ1) is 19.7. The lowest BCUT2D eigenvalue weighted by molar-refractivity contribution is -0.129. The minimum Gasteiger partial charge on any atom is -0.508 e. The van der Waals surface area contributed by atoms with Gasteiger partial charge in [-0.2, -0.15) is 0 Å². The summed E-state index contributed by atoms with van der Waals surface area (Å²) in [6.45, 7) is 1.30. The lowest BCUT2D eigenvalue weighted by Crippen LogP contribution is -2.58. The van der Waals surface area contributed by atoms with Crippen LogP contribution in [0, 0.1) is 24.6 Å². The number of carbonyl (C=O) groups is 3. The molecule has 1 aliphatic heterocycles. The molecule has 9 nitrogen and oxygen atoms in total. The molecule has 10 heteroatoms. The number of phenolic OH excluding ortho intramolecular Hbond substituents is 2. The summed E-state index contributed by atoms with van der Waals surface area (Å²) >= 11 is 0. The molecule has 1 aliphatic rings. The van der Waals surface area contributed by atoms with Gasteiger partial charge in [0.15, 0.2) is 11.6 Å². The van der Waals surface area contributed by atoms with Crippen LogP contribution in [0.1, 0.15) is 37.8 Å². The van der Waals surface area contributed by atoms with Gasteiger partial charge in [-0.15, -0.1) is 0 Å². The molecule has 3 atom stereocenters. The molecule has 41 heavy (non-hydrogen) atoms. The molecule has 1 amide bonds. The number of aliphatic hydroxyl groups excluding tert-OH is 1. The van der Waals surface area contributed by atoms with Gasteiger partial charge in [-0.05, 0) is 48.4 Å². The van der Waals surface area contributed by atoms with Gasteiger partial charge < -0.3 is 26.4 Å². The molecule has 1 saturated heterocycles. The molecule has 1 fully saturated rings. The number of amides is 1. The van der Waals surface area contributed by atoms with E-state index in [1.165, 1.54) is 48.5 Å². The number of nitrogens with two attached hydrogens (primary N) is 1. The number of Topliss-reactive ketones (excluding diaryl/α,β-unsaturated/α-hetero) is 2. The first-order valence-corrected chi connectivity index (χ1v) is 13.4. The Hall–Kier alpha value is -4.12. The zero-order valence-corrected chi connectivity index (χ0v) is 22.7. The Balaban J connectivity index is 1.89. The summed E-state index contributed by atoms with van der Waals surface area (Å²) in [7, 11) is 0. The predicted molar refractivity (Wildman–Crippen MR) is 150 cm³/mol. The fourth-order valence-electron chi connectivity index (χ4n) is 5.68. The van der Waals surface area contributed by atoms with Crippen LogP contribution in [-0.2, 0) is 4.79 Å². The van der Waals surface area contributed by atoms with Crippen LogP contribution < -0.4 is 11.1 Å².